The number of hydrogen-bond donors (Lipinski definition) is 1. The standard InChI is InChI=1S/C34H37FN8O3/c1-34(2,41(3)24-19-45-20-24)14-13-22(17-36)33(44)42-15-7-8-23(42)18-43-32-29(31(37)38-21-39-32)30(40-43)27-12-11-26(16-28(27)35)46-25-9-5-4-6-10-25/h4-6,9-13,16,21,23-24H,7-8,14-15,18-20H2,1-3H3,(H2,37,38,39)/b22-13+/t23-/m0/s1. The molecule has 0 unspecified atom stereocenters. The molecule has 2 aliphatic rings. The summed E-state index contributed by atoms with van der Waals surface area (Å²) >= 11 is 0. The first-order valence-electron chi connectivity index (χ1n) is 15.4. The number of halogens is 1. The molecular formula is C34H37FN8O3. The van der Waals surface area contributed by atoms with Crippen molar-refractivity contribution in [3.63, 3.8) is 0 Å². The summed E-state index contributed by atoms with van der Waals surface area (Å²) in [5, 5.41) is 15.2. The normalized spacial score (nSPS) is 17.3. The minimum atomic E-state index is -0.539. The van der Waals surface area contributed by atoms with Gasteiger partial charge in [0.05, 0.1) is 37.2 Å². The number of anilines is 1. The molecule has 2 saturated heterocycles. The third-order valence-electron chi connectivity index (χ3n) is 9.03. The molecule has 2 N–H and O–H groups in total. The summed E-state index contributed by atoms with van der Waals surface area (Å²) in [6, 6.07) is 15.9. The Morgan fingerprint density at radius 2 is 2.00 bits per heavy atom. The zero-order valence-corrected chi connectivity index (χ0v) is 26.2. The van der Waals surface area contributed by atoms with E-state index < -0.39 is 5.82 Å². The third-order valence-corrected chi connectivity index (χ3v) is 9.03. The predicted molar refractivity (Wildman–Crippen MR) is 171 cm³/mol. The highest BCUT2D eigenvalue weighted by Gasteiger charge is 2.35. The SMILES string of the molecule is CN(C1COC1)C(C)(C)C/C=C(\C#N)C(=O)N1CCC[C@H]1Cn1nc(-c2ccc(Oc3ccccc3)cc2F)c2c(N)ncnc21. The molecule has 4 heterocycles. The van der Waals surface area contributed by atoms with E-state index in [2.05, 4.69) is 34.8 Å². The summed E-state index contributed by atoms with van der Waals surface area (Å²) in [6.45, 7) is 6.38. The zero-order valence-electron chi connectivity index (χ0n) is 26.2. The molecule has 0 saturated carbocycles. The number of carbonyl (C=O) groups excluding carboxylic acids is 1. The molecule has 0 spiro atoms. The molecule has 1 atom stereocenters. The Morgan fingerprint density at radius 1 is 1.22 bits per heavy atom. The summed E-state index contributed by atoms with van der Waals surface area (Å²) in [5.41, 5.74) is 7.10. The van der Waals surface area contributed by atoms with Crippen LogP contribution in [0.2, 0.25) is 0 Å². The van der Waals surface area contributed by atoms with Crippen LogP contribution in [-0.4, -0.2) is 79.9 Å². The lowest BCUT2D eigenvalue weighted by Gasteiger charge is -2.44. The minimum Gasteiger partial charge on any atom is -0.457 e. The number of para-hydroxylation sites is 1. The van der Waals surface area contributed by atoms with Gasteiger partial charge >= 0.3 is 0 Å². The molecule has 0 radical (unpaired) electrons. The Balaban J connectivity index is 1.24. The number of nitrogens with two attached hydrogens (primary N) is 1. The summed E-state index contributed by atoms with van der Waals surface area (Å²) in [4.78, 5) is 26.2. The first-order valence-corrected chi connectivity index (χ1v) is 15.4. The quantitative estimate of drug-likeness (QED) is 0.192. The second-order valence-electron chi connectivity index (χ2n) is 12.4. The highest BCUT2D eigenvalue weighted by atomic mass is 19.1. The van der Waals surface area contributed by atoms with E-state index in [4.69, 9.17) is 20.3 Å². The molecule has 0 bridgehead atoms. The van der Waals surface area contributed by atoms with E-state index in [0.717, 1.165) is 12.8 Å². The van der Waals surface area contributed by atoms with Gasteiger partial charge in [-0.05, 0) is 64.4 Å². The number of likely N-dealkylation sites (tertiary alicyclic amines) is 1. The lowest BCUT2D eigenvalue weighted by atomic mass is 9.94. The number of benzene rings is 2. The average Bonchev–Trinajstić information content (AvgIpc) is 3.63. The van der Waals surface area contributed by atoms with Crippen LogP contribution < -0.4 is 10.5 Å². The van der Waals surface area contributed by atoms with Crippen LogP contribution in [0.1, 0.15) is 33.1 Å². The van der Waals surface area contributed by atoms with Crippen molar-refractivity contribution in [1.82, 2.24) is 29.5 Å². The van der Waals surface area contributed by atoms with Gasteiger partial charge in [0, 0.05) is 23.7 Å². The summed E-state index contributed by atoms with van der Waals surface area (Å²) < 4.78 is 28.4. The van der Waals surface area contributed by atoms with E-state index in [-0.39, 0.29) is 34.4 Å². The molecule has 4 aromatic rings. The van der Waals surface area contributed by atoms with Gasteiger partial charge < -0.3 is 20.1 Å². The number of hydrogen-bond acceptors (Lipinski definition) is 9. The fraction of sp³-hybridized carbons (Fsp3) is 0.382. The van der Waals surface area contributed by atoms with E-state index in [0.29, 0.717) is 67.0 Å². The monoisotopic (exact) mass is 624 g/mol. The van der Waals surface area contributed by atoms with Crippen LogP contribution in [0.3, 0.4) is 0 Å². The number of amides is 1. The third kappa shape index (κ3) is 6.16. The van der Waals surface area contributed by atoms with Crippen LogP contribution in [0.5, 0.6) is 11.5 Å². The lowest BCUT2D eigenvalue weighted by Crippen LogP contribution is -2.55. The highest BCUT2D eigenvalue weighted by Crippen LogP contribution is 2.35. The summed E-state index contributed by atoms with van der Waals surface area (Å²) in [6.07, 6.45) is 5.13. The van der Waals surface area contributed by atoms with E-state index in [1.807, 2.05) is 25.2 Å². The van der Waals surface area contributed by atoms with Crippen molar-refractivity contribution in [2.24, 2.45) is 0 Å². The van der Waals surface area contributed by atoms with Crippen molar-refractivity contribution >= 4 is 22.8 Å². The predicted octanol–water partition coefficient (Wildman–Crippen LogP) is 4.95. The molecular weight excluding hydrogens is 587 g/mol. The molecule has 1 amide bonds. The molecule has 2 aromatic carbocycles. The van der Waals surface area contributed by atoms with Crippen molar-refractivity contribution in [2.75, 3.05) is 32.5 Å². The molecule has 2 aromatic heterocycles. The Hall–Kier alpha value is -4.86. The van der Waals surface area contributed by atoms with Crippen molar-refractivity contribution in [3.05, 3.63) is 72.3 Å². The van der Waals surface area contributed by atoms with E-state index in [1.54, 1.807) is 39.9 Å². The van der Waals surface area contributed by atoms with Gasteiger partial charge in [-0.2, -0.15) is 10.4 Å². The van der Waals surface area contributed by atoms with Gasteiger partial charge in [0.2, 0.25) is 0 Å². The first kappa shape index (κ1) is 31.1. The van der Waals surface area contributed by atoms with Gasteiger partial charge in [-0.3, -0.25) is 9.69 Å². The molecule has 11 nitrogen and oxygen atoms in total. The Labute approximate surface area is 267 Å². The maximum absolute atomic E-state index is 15.6. The van der Waals surface area contributed by atoms with Gasteiger partial charge in [0.15, 0.2) is 5.65 Å². The van der Waals surface area contributed by atoms with Crippen molar-refractivity contribution in [3.8, 4) is 28.8 Å². The van der Waals surface area contributed by atoms with E-state index in [1.165, 1.54) is 12.4 Å². The fourth-order valence-electron chi connectivity index (χ4n) is 5.99. The molecule has 238 valence electrons. The maximum Gasteiger partial charge on any atom is 0.264 e. The first-order chi connectivity index (χ1) is 22.2. The number of nitriles is 1. The summed E-state index contributed by atoms with van der Waals surface area (Å²) in [7, 11) is 2.04. The number of nitrogen functional groups attached to an aromatic ring is 1. The number of nitrogens with zero attached hydrogens (tertiary/aromatic N) is 7. The number of likely N-dealkylation sites (N-methyl/N-ethyl adjacent to an activating group) is 1. The van der Waals surface area contributed by atoms with Gasteiger partial charge in [-0.25, -0.2) is 19.0 Å². The second-order valence-corrected chi connectivity index (χ2v) is 12.4. The molecule has 6 rings (SSSR count). The smallest absolute Gasteiger partial charge is 0.264 e. The topological polar surface area (TPSA) is 135 Å². The zero-order chi connectivity index (χ0) is 32.4. The van der Waals surface area contributed by atoms with Gasteiger partial charge in [-0.1, -0.05) is 24.3 Å². The Bertz CT molecular complexity index is 1810. The number of fused-ring (bicyclic) bond motifs is 1. The molecule has 12 heteroatoms. The fourth-order valence-corrected chi connectivity index (χ4v) is 5.99. The van der Waals surface area contributed by atoms with Gasteiger partial charge in [0.25, 0.3) is 5.91 Å². The van der Waals surface area contributed by atoms with Gasteiger partial charge in [-0.15, -0.1) is 0 Å². The molecule has 0 aliphatic carbocycles. The van der Waals surface area contributed by atoms with Crippen molar-refractivity contribution < 1.29 is 18.7 Å². The molecule has 2 aliphatic heterocycles. The number of ether oxygens (including phenoxy) is 2. The van der Waals surface area contributed by atoms with Crippen LogP contribution in [0.4, 0.5) is 10.2 Å². The van der Waals surface area contributed by atoms with Crippen LogP contribution in [-0.2, 0) is 16.1 Å². The number of rotatable bonds is 10. The second kappa shape index (κ2) is 12.9. The van der Waals surface area contributed by atoms with Crippen molar-refractivity contribution in [2.45, 2.75) is 57.3 Å². The van der Waals surface area contributed by atoms with E-state index in [9.17, 15) is 10.1 Å². The number of carbonyl (C=O) groups is 1. The van der Waals surface area contributed by atoms with Crippen LogP contribution in [0.15, 0.2) is 66.5 Å². The summed E-state index contributed by atoms with van der Waals surface area (Å²) in [5.74, 6) is 0.260. The van der Waals surface area contributed by atoms with E-state index >= 15 is 4.39 Å². The number of aromatic nitrogens is 4. The average molecular weight is 625 g/mol. The van der Waals surface area contributed by atoms with Gasteiger partial charge in [0.1, 0.15) is 46.8 Å². The Kier molecular flexibility index (Phi) is 8.71. The van der Waals surface area contributed by atoms with Crippen LogP contribution >= 0.6 is 0 Å². The molecule has 46 heavy (non-hydrogen) atoms. The maximum atomic E-state index is 15.6. The Morgan fingerprint density at radius 3 is 2.70 bits per heavy atom. The minimum absolute atomic E-state index is 0.121. The van der Waals surface area contributed by atoms with Crippen LogP contribution in [0, 0.1) is 17.1 Å². The molecule has 2 fully saturated rings. The lowest BCUT2D eigenvalue weighted by molar-refractivity contribution is -0.127. The largest absolute Gasteiger partial charge is 0.457 e. The highest BCUT2D eigenvalue weighted by molar-refractivity contribution is 5.99. The van der Waals surface area contributed by atoms with Crippen LogP contribution in [0.25, 0.3) is 22.3 Å². The van der Waals surface area contributed by atoms with Crippen molar-refractivity contribution in [1.29, 1.82) is 5.26 Å².